The number of aromatic nitrogens is 1. The van der Waals surface area contributed by atoms with Crippen LogP contribution >= 0.6 is 0 Å². The van der Waals surface area contributed by atoms with Crippen molar-refractivity contribution in [3.05, 3.63) is 41.3 Å². The number of hydrogen-bond acceptors (Lipinski definition) is 4. The molecule has 1 aromatic heterocycles. The lowest BCUT2D eigenvalue weighted by molar-refractivity contribution is -0.290. The van der Waals surface area contributed by atoms with Crippen molar-refractivity contribution in [3.8, 4) is 5.75 Å². The number of alkyl halides is 5. The Bertz CT molecular complexity index is 739. The van der Waals surface area contributed by atoms with Crippen LogP contribution in [-0.2, 0) is 5.92 Å². The summed E-state index contributed by atoms with van der Waals surface area (Å²) in [6.07, 6.45) is -5.75. The third-order valence-corrected chi connectivity index (χ3v) is 2.80. The first-order chi connectivity index (χ1) is 10.5. The van der Waals surface area contributed by atoms with Crippen molar-refractivity contribution >= 4 is 11.9 Å². The van der Waals surface area contributed by atoms with Crippen molar-refractivity contribution < 1.29 is 36.3 Å². The van der Waals surface area contributed by atoms with E-state index < -0.39 is 35.5 Å². The van der Waals surface area contributed by atoms with Gasteiger partial charge in [0.05, 0.1) is 5.56 Å². The molecule has 2 N–H and O–H groups in total. The fourth-order valence-corrected chi connectivity index (χ4v) is 1.62. The van der Waals surface area contributed by atoms with Crippen LogP contribution in [-0.4, -0.2) is 22.2 Å². The highest BCUT2D eigenvalue weighted by molar-refractivity contribution is 6.05. The number of hydrogen-bond donors (Lipinski definition) is 2. The van der Waals surface area contributed by atoms with Crippen molar-refractivity contribution in [2.75, 3.05) is 5.32 Å². The minimum absolute atomic E-state index is 0.0953. The minimum atomic E-state index is -5.85. The summed E-state index contributed by atoms with van der Waals surface area (Å²) in [5, 5.41) is 11.5. The molecule has 1 heterocycles. The summed E-state index contributed by atoms with van der Waals surface area (Å²) in [4.78, 5) is 14.7. The Morgan fingerprint density at radius 2 is 1.91 bits per heavy atom. The Morgan fingerprint density at radius 3 is 2.48 bits per heavy atom. The Kier molecular flexibility index (Phi) is 4.01. The number of amides is 1. The van der Waals surface area contributed by atoms with Crippen LogP contribution in [0.4, 0.5) is 28.0 Å². The van der Waals surface area contributed by atoms with Gasteiger partial charge in [-0.15, -0.1) is 0 Å². The van der Waals surface area contributed by atoms with Gasteiger partial charge in [-0.1, -0.05) is 6.07 Å². The Balaban J connectivity index is 2.21. The van der Waals surface area contributed by atoms with Crippen LogP contribution in [0.25, 0.3) is 0 Å². The number of phenolic OH excluding ortho intramolecular Hbond substituents is 1. The van der Waals surface area contributed by atoms with E-state index in [4.69, 9.17) is 0 Å². The maximum Gasteiger partial charge on any atom is 0.459 e. The zero-order valence-electron chi connectivity index (χ0n) is 11.4. The number of aryl methyl sites for hydroxylation is 1. The molecule has 23 heavy (non-hydrogen) atoms. The van der Waals surface area contributed by atoms with E-state index in [1.807, 2.05) is 5.32 Å². The Hall–Kier alpha value is -2.65. The number of oxazole rings is 1. The standard InChI is InChI=1S/C13H9F5N2O3/c1-6-2-3-7(8(21)4-6)10(22)20-11-19-9(5-23-11)12(14,15)13(16,17)18/h2-5,21H,1H3,(H,19,20,22). The van der Waals surface area contributed by atoms with Crippen molar-refractivity contribution in [1.82, 2.24) is 4.98 Å². The first kappa shape index (κ1) is 16.7. The molecule has 0 saturated carbocycles. The van der Waals surface area contributed by atoms with Crippen molar-refractivity contribution in [2.45, 2.75) is 19.0 Å². The van der Waals surface area contributed by atoms with Crippen molar-refractivity contribution in [3.63, 3.8) is 0 Å². The molecule has 0 saturated heterocycles. The maximum absolute atomic E-state index is 13.0. The number of phenols is 1. The molecule has 124 valence electrons. The second-order valence-electron chi connectivity index (χ2n) is 4.58. The molecule has 5 nitrogen and oxygen atoms in total. The van der Waals surface area contributed by atoms with Crippen LogP contribution in [0.2, 0.25) is 0 Å². The molecule has 0 aliphatic rings. The van der Waals surface area contributed by atoms with Gasteiger partial charge in [0.25, 0.3) is 5.91 Å². The van der Waals surface area contributed by atoms with Gasteiger partial charge in [0.15, 0.2) is 5.69 Å². The van der Waals surface area contributed by atoms with Gasteiger partial charge in [-0.2, -0.15) is 26.9 Å². The summed E-state index contributed by atoms with van der Waals surface area (Å²) < 4.78 is 67.1. The normalized spacial score (nSPS) is 12.3. The van der Waals surface area contributed by atoms with E-state index in [0.29, 0.717) is 5.56 Å². The third-order valence-electron chi connectivity index (χ3n) is 2.80. The number of nitrogens with zero attached hydrogens (tertiary/aromatic N) is 1. The molecule has 1 amide bonds. The van der Waals surface area contributed by atoms with E-state index in [9.17, 15) is 31.9 Å². The van der Waals surface area contributed by atoms with Crippen LogP contribution in [0.5, 0.6) is 5.75 Å². The highest BCUT2D eigenvalue weighted by Crippen LogP contribution is 2.43. The van der Waals surface area contributed by atoms with Gasteiger partial charge in [0.1, 0.15) is 12.0 Å². The summed E-state index contributed by atoms with van der Waals surface area (Å²) in [6, 6.07) is 3.16. The first-order valence-electron chi connectivity index (χ1n) is 6.04. The average molecular weight is 336 g/mol. The summed E-state index contributed by atoms with van der Waals surface area (Å²) in [5.41, 5.74) is -1.26. The number of nitrogens with one attached hydrogen (secondary N) is 1. The van der Waals surface area contributed by atoms with Crippen LogP contribution in [0.15, 0.2) is 28.9 Å². The molecule has 0 radical (unpaired) electrons. The van der Waals surface area contributed by atoms with Gasteiger partial charge in [0.2, 0.25) is 0 Å². The van der Waals surface area contributed by atoms with Crippen molar-refractivity contribution in [2.24, 2.45) is 0 Å². The molecule has 0 aliphatic carbocycles. The SMILES string of the molecule is Cc1ccc(C(=O)Nc2nc(C(F)(F)C(F)(F)F)co2)c(O)c1. The monoisotopic (exact) mass is 336 g/mol. The molecule has 2 aromatic rings. The van der Waals surface area contributed by atoms with Crippen LogP contribution in [0.3, 0.4) is 0 Å². The van der Waals surface area contributed by atoms with E-state index in [-0.39, 0.29) is 11.8 Å². The number of benzene rings is 1. The minimum Gasteiger partial charge on any atom is -0.507 e. The summed E-state index contributed by atoms with van der Waals surface area (Å²) in [6.45, 7) is 1.65. The summed E-state index contributed by atoms with van der Waals surface area (Å²) >= 11 is 0. The quantitative estimate of drug-likeness (QED) is 0.840. The fourth-order valence-electron chi connectivity index (χ4n) is 1.62. The highest BCUT2D eigenvalue weighted by Gasteiger charge is 2.60. The number of carbonyl (C=O) groups excluding carboxylic acids is 1. The molecular weight excluding hydrogens is 327 g/mol. The lowest BCUT2D eigenvalue weighted by Gasteiger charge is -2.16. The molecule has 0 fully saturated rings. The Labute approximate surface area is 125 Å². The maximum atomic E-state index is 13.0. The molecule has 2 rings (SSSR count). The predicted molar refractivity (Wildman–Crippen MR) is 67.2 cm³/mol. The largest absolute Gasteiger partial charge is 0.507 e. The summed E-state index contributed by atoms with van der Waals surface area (Å²) in [7, 11) is 0. The second kappa shape index (κ2) is 5.52. The molecule has 0 aliphatic heterocycles. The smallest absolute Gasteiger partial charge is 0.459 e. The van der Waals surface area contributed by atoms with Gasteiger partial charge in [-0.3, -0.25) is 10.1 Å². The van der Waals surface area contributed by atoms with Gasteiger partial charge >= 0.3 is 18.1 Å². The van der Waals surface area contributed by atoms with E-state index in [2.05, 4.69) is 9.40 Å². The third kappa shape index (κ3) is 3.25. The number of rotatable bonds is 3. The first-order valence-corrected chi connectivity index (χ1v) is 6.04. The van der Waals surface area contributed by atoms with E-state index in [0.717, 1.165) is 0 Å². The topological polar surface area (TPSA) is 75.4 Å². The van der Waals surface area contributed by atoms with Crippen LogP contribution in [0.1, 0.15) is 21.6 Å². The molecule has 0 unspecified atom stereocenters. The zero-order valence-corrected chi connectivity index (χ0v) is 11.4. The molecular formula is C13H9F5N2O3. The lowest BCUT2D eigenvalue weighted by atomic mass is 10.1. The number of carbonyl (C=O) groups is 1. The van der Waals surface area contributed by atoms with Crippen LogP contribution < -0.4 is 5.32 Å². The van der Waals surface area contributed by atoms with E-state index >= 15 is 0 Å². The van der Waals surface area contributed by atoms with Gasteiger partial charge in [-0.05, 0) is 24.6 Å². The molecule has 1 aromatic carbocycles. The highest BCUT2D eigenvalue weighted by atomic mass is 19.4. The zero-order chi connectivity index (χ0) is 17.4. The lowest BCUT2D eigenvalue weighted by Crippen LogP contribution is -2.34. The second-order valence-corrected chi connectivity index (χ2v) is 4.58. The Morgan fingerprint density at radius 1 is 1.26 bits per heavy atom. The number of anilines is 1. The number of halogens is 5. The average Bonchev–Trinajstić information content (AvgIpc) is 2.86. The van der Waals surface area contributed by atoms with Gasteiger partial charge in [-0.25, -0.2) is 0 Å². The summed E-state index contributed by atoms with van der Waals surface area (Å²) in [5.74, 6) is -6.59. The molecule has 0 spiro atoms. The van der Waals surface area contributed by atoms with Crippen molar-refractivity contribution in [1.29, 1.82) is 0 Å². The van der Waals surface area contributed by atoms with Gasteiger partial charge < -0.3 is 9.52 Å². The van der Waals surface area contributed by atoms with E-state index in [1.54, 1.807) is 6.92 Å². The number of aromatic hydroxyl groups is 1. The predicted octanol–water partition coefficient (Wildman–Crippen LogP) is 3.60. The fraction of sp³-hybridized carbons (Fsp3) is 0.231. The van der Waals surface area contributed by atoms with E-state index in [1.165, 1.54) is 18.2 Å². The van der Waals surface area contributed by atoms with Crippen LogP contribution in [0, 0.1) is 6.92 Å². The molecule has 0 atom stereocenters. The molecule has 10 heteroatoms. The van der Waals surface area contributed by atoms with Gasteiger partial charge in [0, 0.05) is 0 Å². The molecule has 0 bridgehead atoms.